The van der Waals surface area contributed by atoms with E-state index < -0.39 is 6.61 Å². The molecule has 0 heterocycles. The van der Waals surface area contributed by atoms with Crippen molar-refractivity contribution < 1.29 is 13.5 Å². The Balaban J connectivity index is 2.09. The Bertz CT molecular complexity index is 577. The normalized spacial score (nSPS) is 12.2. The molecule has 0 radical (unpaired) electrons. The van der Waals surface area contributed by atoms with Crippen LogP contribution in [-0.4, -0.2) is 6.61 Å². The summed E-state index contributed by atoms with van der Waals surface area (Å²) in [6.45, 7) is -0.859. The largest absolute Gasteiger partial charge is 0.435 e. The summed E-state index contributed by atoms with van der Waals surface area (Å²) < 4.78 is 28.7. The van der Waals surface area contributed by atoms with E-state index in [2.05, 4.69) is 10.1 Å². The first kappa shape index (κ1) is 14.6. The van der Waals surface area contributed by atoms with Crippen LogP contribution in [0.2, 0.25) is 5.02 Å². The van der Waals surface area contributed by atoms with Crippen molar-refractivity contribution in [1.29, 1.82) is 0 Å². The number of hydrogen-bond acceptors (Lipinski definition) is 2. The van der Waals surface area contributed by atoms with Gasteiger partial charge in [0.2, 0.25) is 0 Å². The molecule has 0 aliphatic heterocycles. The van der Waals surface area contributed by atoms with Crippen molar-refractivity contribution in [2.24, 2.45) is 0 Å². The number of halogens is 3. The predicted molar refractivity (Wildman–Crippen MR) is 76.6 cm³/mol. The number of nitrogens with one attached hydrogen (secondary N) is 1. The molecule has 1 atom stereocenters. The quantitative estimate of drug-likeness (QED) is 0.827. The molecule has 0 saturated heterocycles. The molecule has 5 heteroatoms. The third-order valence-electron chi connectivity index (χ3n) is 2.79. The number of benzene rings is 2. The lowest BCUT2D eigenvalue weighted by Gasteiger charge is -2.16. The van der Waals surface area contributed by atoms with Crippen LogP contribution < -0.4 is 10.1 Å². The van der Waals surface area contributed by atoms with E-state index in [1.165, 1.54) is 12.1 Å². The lowest BCUT2D eigenvalue weighted by atomic mass is 10.1. The Morgan fingerprint density at radius 2 is 1.85 bits per heavy atom. The summed E-state index contributed by atoms with van der Waals surface area (Å²) in [4.78, 5) is 0. The van der Waals surface area contributed by atoms with Gasteiger partial charge in [-0.1, -0.05) is 29.8 Å². The van der Waals surface area contributed by atoms with Crippen molar-refractivity contribution in [3.05, 3.63) is 59.1 Å². The van der Waals surface area contributed by atoms with E-state index >= 15 is 0 Å². The standard InChI is InChI=1S/C15H14ClF2NO/c1-10(11-4-2-5-12(16)8-11)19-13-6-3-7-14(9-13)20-15(17)18/h2-10,15,19H,1H3. The molecule has 0 saturated carbocycles. The highest BCUT2D eigenvalue weighted by Gasteiger charge is 2.08. The summed E-state index contributed by atoms with van der Waals surface area (Å²) in [5.74, 6) is 0.128. The molecule has 0 aromatic heterocycles. The van der Waals surface area contributed by atoms with Crippen molar-refractivity contribution in [3.63, 3.8) is 0 Å². The Morgan fingerprint density at radius 1 is 1.10 bits per heavy atom. The number of rotatable bonds is 5. The fraction of sp³-hybridized carbons (Fsp3) is 0.200. The van der Waals surface area contributed by atoms with Crippen molar-refractivity contribution in [2.75, 3.05) is 5.32 Å². The maximum atomic E-state index is 12.2. The zero-order chi connectivity index (χ0) is 14.5. The monoisotopic (exact) mass is 297 g/mol. The zero-order valence-corrected chi connectivity index (χ0v) is 11.6. The van der Waals surface area contributed by atoms with Crippen LogP contribution in [-0.2, 0) is 0 Å². The van der Waals surface area contributed by atoms with Crippen LogP contribution in [0.3, 0.4) is 0 Å². The summed E-state index contributed by atoms with van der Waals surface area (Å²) in [7, 11) is 0. The maximum Gasteiger partial charge on any atom is 0.387 e. The second-order valence-electron chi connectivity index (χ2n) is 4.33. The predicted octanol–water partition coefficient (Wildman–Crippen LogP) is 5.11. The molecule has 106 valence electrons. The van der Waals surface area contributed by atoms with Gasteiger partial charge in [0.15, 0.2) is 0 Å². The summed E-state index contributed by atoms with van der Waals surface area (Å²) in [6, 6.07) is 13.9. The second kappa shape index (κ2) is 6.57. The Hall–Kier alpha value is -1.81. The molecule has 20 heavy (non-hydrogen) atoms. The topological polar surface area (TPSA) is 21.3 Å². The van der Waals surface area contributed by atoms with Crippen molar-refractivity contribution >= 4 is 17.3 Å². The van der Waals surface area contributed by atoms with Crippen LogP contribution >= 0.6 is 11.6 Å². The molecule has 0 aliphatic carbocycles. The third kappa shape index (κ3) is 4.10. The highest BCUT2D eigenvalue weighted by molar-refractivity contribution is 6.30. The van der Waals surface area contributed by atoms with Gasteiger partial charge in [0, 0.05) is 22.8 Å². The molecule has 0 fully saturated rings. The molecule has 1 N–H and O–H groups in total. The van der Waals surface area contributed by atoms with Gasteiger partial charge in [0.25, 0.3) is 0 Å². The van der Waals surface area contributed by atoms with E-state index in [0.717, 1.165) is 5.56 Å². The van der Waals surface area contributed by atoms with E-state index in [1.54, 1.807) is 18.2 Å². The Kier molecular flexibility index (Phi) is 4.79. The highest BCUT2D eigenvalue weighted by atomic mass is 35.5. The van der Waals surface area contributed by atoms with E-state index in [-0.39, 0.29) is 11.8 Å². The van der Waals surface area contributed by atoms with Gasteiger partial charge in [-0.3, -0.25) is 0 Å². The van der Waals surface area contributed by atoms with Gasteiger partial charge >= 0.3 is 6.61 Å². The van der Waals surface area contributed by atoms with Crippen LogP contribution in [0, 0.1) is 0 Å². The van der Waals surface area contributed by atoms with E-state index in [0.29, 0.717) is 10.7 Å². The van der Waals surface area contributed by atoms with Crippen LogP contribution in [0.15, 0.2) is 48.5 Å². The average Bonchev–Trinajstić information content (AvgIpc) is 2.38. The number of ether oxygens (including phenoxy) is 1. The molecule has 0 aliphatic rings. The lowest BCUT2D eigenvalue weighted by Crippen LogP contribution is -2.07. The van der Waals surface area contributed by atoms with E-state index in [4.69, 9.17) is 11.6 Å². The summed E-state index contributed by atoms with van der Waals surface area (Å²) >= 11 is 5.94. The van der Waals surface area contributed by atoms with Gasteiger partial charge in [-0.05, 0) is 36.8 Å². The zero-order valence-electron chi connectivity index (χ0n) is 10.8. The van der Waals surface area contributed by atoms with Crippen molar-refractivity contribution in [2.45, 2.75) is 19.6 Å². The minimum atomic E-state index is -2.82. The van der Waals surface area contributed by atoms with Crippen LogP contribution in [0.4, 0.5) is 14.5 Å². The number of anilines is 1. The molecule has 0 amide bonds. The number of hydrogen-bond donors (Lipinski definition) is 1. The molecule has 2 aromatic carbocycles. The lowest BCUT2D eigenvalue weighted by molar-refractivity contribution is -0.0498. The minimum absolute atomic E-state index is 0.00417. The fourth-order valence-corrected chi connectivity index (χ4v) is 2.07. The fourth-order valence-electron chi connectivity index (χ4n) is 1.87. The summed E-state index contributed by atoms with van der Waals surface area (Å²) in [5, 5.41) is 3.87. The van der Waals surface area contributed by atoms with Gasteiger partial charge in [-0.15, -0.1) is 0 Å². The Labute approximate surface area is 121 Å². The molecule has 0 spiro atoms. The molecule has 2 nitrogen and oxygen atoms in total. The molecular formula is C15H14ClF2NO. The van der Waals surface area contributed by atoms with Crippen LogP contribution in [0.25, 0.3) is 0 Å². The van der Waals surface area contributed by atoms with Gasteiger partial charge in [0.05, 0.1) is 0 Å². The summed E-state index contributed by atoms with van der Waals surface area (Å²) in [5.41, 5.74) is 1.72. The minimum Gasteiger partial charge on any atom is -0.435 e. The molecule has 2 rings (SSSR count). The van der Waals surface area contributed by atoms with Gasteiger partial charge in [-0.25, -0.2) is 0 Å². The first-order valence-electron chi connectivity index (χ1n) is 6.11. The van der Waals surface area contributed by atoms with Gasteiger partial charge in [-0.2, -0.15) is 8.78 Å². The van der Waals surface area contributed by atoms with Gasteiger partial charge in [0.1, 0.15) is 5.75 Å². The van der Waals surface area contributed by atoms with Gasteiger partial charge < -0.3 is 10.1 Å². The SMILES string of the molecule is CC(Nc1cccc(OC(F)F)c1)c1cccc(Cl)c1. The van der Waals surface area contributed by atoms with Crippen molar-refractivity contribution in [3.8, 4) is 5.75 Å². The summed E-state index contributed by atoms with van der Waals surface area (Å²) in [6.07, 6.45) is 0. The molecular weight excluding hydrogens is 284 g/mol. The smallest absolute Gasteiger partial charge is 0.387 e. The van der Waals surface area contributed by atoms with Crippen molar-refractivity contribution in [1.82, 2.24) is 0 Å². The highest BCUT2D eigenvalue weighted by Crippen LogP contribution is 2.25. The molecule has 0 bridgehead atoms. The number of alkyl halides is 2. The van der Waals surface area contributed by atoms with Crippen LogP contribution in [0.1, 0.15) is 18.5 Å². The van der Waals surface area contributed by atoms with Crippen LogP contribution in [0.5, 0.6) is 5.75 Å². The maximum absolute atomic E-state index is 12.2. The first-order valence-corrected chi connectivity index (χ1v) is 6.49. The molecule has 1 unspecified atom stereocenters. The third-order valence-corrected chi connectivity index (χ3v) is 3.03. The van der Waals surface area contributed by atoms with E-state index in [9.17, 15) is 8.78 Å². The Morgan fingerprint density at radius 3 is 2.55 bits per heavy atom. The second-order valence-corrected chi connectivity index (χ2v) is 4.76. The average molecular weight is 298 g/mol. The first-order chi connectivity index (χ1) is 9.54. The molecule has 2 aromatic rings. The van der Waals surface area contributed by atoms with E-state index in [1.807, 2.05) is 25.1 Å².